The molecule has 26 heavy (non-hydrogen) atoms. The third kappa shape index (κ3) is 3.67. The highest BCUT2D eigenvalue weighted by molar-refractivity contribution is 7.17. The van der Waals surface area contributed by atoms with Gasteiger partial charge in [-0.3, -0.25) is 9.59 Å². The lowest BCUT2D eigenvalue weighted by Gasteiger charge is -2.10. The molecule has 0 saturated heterocycles. The second-order valence-corrected chi connectivity index (χ2v) is 7.27. The lowest BCUT2D eigenvalue weighted by atomic mass is 10.1. The number of carbonyl (C=O) groups excluding carboxylic acids is 2. The van der Waals surface area contributed by atoms with Crippen molar-refractivity contribution in [3.8, 4) is 11.5 Å². The predicted octanol–water partition coefficient (Wildman–Crippen LogP) is 2.92. The van der Waals surface area contributed by atoms with Crippen LogP contribution in [0.15, 0.2) is 18.2 Å². The number of anilines is 1. The molecule has 3 N–H and O–H groups in total. The van der Waals surface area contributed by atoms with E-state index in [-0.39, 0.29) is 5.91 Å². The van der Waals surface area contributed by atoms with Crippen LogP contribution in [0, 0.1) is 0 Å². The topological polar surface area (TPSA) is 90.6 Å². The summed E-state index contributed by atoms with van der Waals surface area (Å²) in [5.74, 6) is 0.679. The van der Waals surface area contributed by atoms with Gasteiger partial charge in [0.1, 0.15) is 5.00 Å². The van der Waals surface area contributed by atoms with E-state index in [4.69, 9.17) is 15.2 Å². The Morgan fingerprint density at radius 3 is 2.65 bits per heavy atom. The van der Waals surface area contributed by atoms with Crippen LogP contribution in [-0.2, 0) is 24.1 Å². The Balaban J connectivity index is 1.66. The summed E-state index contributed by atoms with van der Waals surface area (Å²) in [6, 6.07) is 5.59. The first-order valence-electron chi connectivity index (χ1n) is 8.48. The molecule has 2 amide bonds. The summed E-state index contributed by atoms with van der Waals surface area (Å²) >= 11 is 1.47. The number of thiophene rings is 1. The maximum Gasteiger partial charge on any atom is 0.251 e. The predicted molar refractivity (Wildman–Crippen MR) is 101 cm³/mol. The second kappa shape index (κ2) is 7.78. The van der Waals surface area contributed by atoms with Gasteiger partial charge in [-0.2, -0.15) is 0 Å². The molecule has 0 atom stereocenters. The average Bonchev–Trinajstić information content (AvgIpc) is 3.19. The Morgan fingerprint density at radius 2 is 1.96 bits per heavy atom. The van der Waals surface area contributed by atoms with Crippen molar-refractivity contribution in [3.63, 3.8) is 0 Å². The highest BCUT2D eigenvalue weighted by atomic mass is 32.1. The van der Waals surface area contributed by atoms with Crippen LogP contribution >= 0.6 is 11.3 Å². The number of fused-ring (bicyclic) bond motifs is 1. The quantitative estimate of drug-likeness (QED) is 0.780. The van der Waals surface area contributed by atoms with E-state index < -0.39 is 5.91 Å². The van der Waals surface area contributed by atoms with Gasteiger partial charge in [0, 0.05) is 11.3 Å². The minimum absolute atomic E-state index is 0.137. The number of amides is 2. The van der Waals surface area contributed by atoms with Crippen LogP contribution in [-0.4, -0.2) is 26.0 Å². The molecule has 0 aliphatic heterocycles. The van der Waals surface area contributed by atoms with Crippen LogP contribution < -0.4 is 20.5 Å². The van der Waals surface area contributed by atoms with Crippen LogP contribution in [0.4, 0.5) is 5.00 Å². The zero-order valence-corrected chi connectivity index (χ0v) is 15.7. The number of nitrogens with two attached hydrogens (primary N) is 1. The summed E-state index contributed by atoms with van der Waals surface area (Å²) in [5.41, 5.74) is 8.00. The van der Waals surface area contributed by atoms with Gasteiger partial charge in [0.2, 0.25) is 5.91 Å². The summed E-state index contributed by atoms with van der Waals surface area (Å²) in [6.07, 6.45) is 3.70. The van der Waals surface area contributed by atoms with Gasteiger partial charge < -0.3 is 20.5 Å². The van der Waals surface area contributed by atoms with Gasteiger partial charge in [0.15, 0.2) is 11.5 Å². The van der Waals surface area contributed by atoms with Gasteiger partial charge in [-0.25, -0.2) is 0 Å². The van der Waals surface area contributed by atoms with Crippen molar-refractivity contribution in [2.24, 2.45) is 5.73 Å². The molecule has 2 aromatic rings. The largest absolute Gasteiger partial charge is 0.493 e. The van der Waals surface area contributed by atoms with Crippen molar-refractivity contribution in [1.29, 1.82) is 0 Å². The molecule has 0 unspecified atom stereocenters. The fraction of sp³-hybridized carbons (Fsp3) is 0.368. The molecule has 7 heteroatoms. The van der Waals surface area contributed by atoms with Crippen LogP contribution in [0.5, 0.6) is 11.5 Å². The number of primary amides is 1. The SMILES string of the molecule is COc1ccc(CCC(=O)Nc2sc3c(c2C(N)=O)CCC3)cc1OC. The molecule has 0 bridgehead atoms. The Kier molecular flexibility index (Phi) is 5.46. The summed E-state index contributed by atoms with van der Waals surface area (Å²) < 4.78 is 10.5. The van der Waals surface area contributed by atoms with E-state index in [0.717, 1.165) is 35.3 Å². The Hall–Kier alpha value is -2.54. The summed E-state index contributed by atoms with van der Waals surface area (Å²) in [5, 5.41) is 3.45. The Bertz CT molecular complexity index is 844. The van der Waals surface area contributed by atoms with Crippen LogP contribution in [0.1, 0.15) is 39.2 Å². The molecule has 1 aromatic carbocycles. The number of hydrogen-bond acceptors (Lipinski definition) is 5. The normalized spacial score (nSPS) is 12.5. The molecule has 0 radical (unpaired) electrons. The molecule has 1 aromatic heterocycles. The minimum Gasteiger partial charge on any atom is -0.493 e. The molecule has 1 aliphatic rings. The highest BCUT2D eigenvalue weighted by Crippen LogP contribution is 2.39. The van der Waals surface area contributed by atoms with Gasteiger partial charge in [0.25, 0.3) is 5.91 Å². The Morgan fingerprint density at radius 1 is 1.19 bits per heavy atom. The van der Waals surface area contributed by atoms with Crippen molar-refractivity contribution < 1.29 is 19.1 Å². The van der Waals surface area contributed by atoms with Crippen molar-refractivity contribution >= 4 is 28.2 Å². The Labute approximate surface area is 156 Å². The molecule has 0 fully saturated rings. The first-order chi connectivity index (χ1) is 12.5. The van der Waals surface area contributed by atoms with E-state index in [1.807, 2.05) is 18.2 Å². The minimum atomic E-state index is -0.473. The number of rotatable bonds is 7. The van der Waals surface area contributed by atoms with Crippen molar-refractivity contribution in [1.82, 2.24) is 0 Å². The van der Waals surface area contributed by atoms with E-state index in [2.05, 4.69) is 5.32 Å². The van der Waals surface area contributed by atoms with Crippen molar-refractivity contribution in [3.05, 3.63) is 39.8 Å². The number of nitrogens with one attached hydrogen (secondary N) is 1. The monoisotopic (exact) mass is 374 g/mol. The summed E-state index contributed by atoms with van der Waals surface area (Å²) in [4.78, 5) is 25.3. The van der Waals surface area contributed by atoms with Crippen molar-refractivity contribution in [2.75, 3.05) is 19.5 Å². The van der Waals surface area contributed by atoms with Gasteiger partial charge in [0.05, 0.1) is 19.8 Å². The number of aryl methyl sites for hydroxylation is 2. The van der Waals surface area contributed by atoms with E-state index in [9.17, 15) is 9.59 Å². The van der Waals surface area contributed by atoms with E-state index in [0.29, 0.717) is 34.9 Å². The lowest BCUT2D eigenvalue weighted by molar-refractivity contribution is -0.116. The number of ether oxygens (including phenoxy) is 2. The van der Waals surface area contributed by atoms with Gasteiger partial charge >= 0.3 is 0 Å². The molecule has 6 nitrogen and oxygen atoms in total. The van der Waals surface area contributed by atoms with E-state index in [1.54, 1.807) is 14.2 Å². The summed E-state index contributed by atoms with van der Waals surface area (Å²) in [7, 11) is 3.16. The maximum atomic E-state index is 12.4. The fourth-order valence-electron chi connectivity index (χ4n) is 3.24. The molecular formula is C19H22N2O4S. The molecule has 138 valence electrons. The number of methoxy groups -OCH3 is 2. The third-order valence-corrected chi connectivity index (χ3v) is 5.72. The zero-order chi connectivity index (χ0) is 18.7. The standard InChI is InChI=1S/C19H22N2O4S/c1-24-13-8-6-11(10-14(13)25-2)7-9-16(22)21-19-17(18(20)23)12-4-3-5-15(12)26-19/h6,8,10H,3-5,7,9H2,1-2H3,(H2,20,23)(H,21,22). The first kappa shape index (κ1) is 18.3. The van der Waals surface area contributed by atoms with Crippen LogP contribution in [0.2, 0.25) is 0 Å². The molecule has 0 spiro atoms. The van der Waals surface area contributed by atoms with Crippen LogP contribution in [0.3, 0.4) is 0 Å². The zero-order valence-electron chi connectivity index (χ0n) is 14.9. The summed E-state index contributed by atoms with van der Waals surface area (Å²) in [6.45, 7) is 0. The fourth-order valence-corrected chi connectivity index (χ4v) is 4.55. The van der Waals surface area contributed by atoms with Gasteiger partial charge in [-0.15, -0.1) is 11.3 Å². The molecule has 1 aliphatic carbocycles. The maximum absolute atomic E-state index is 12.4. The van der Waals surface area contributed by atoms with Gasteiger partial charge in [-0.1, -0.05) is 6.07 Å². The third-order valence-electron chi connectivity index (χ3n) is 4.51. The molecule has 1 heterocycles. The first-order valence-corrected chi connectivity index (χ1v) is 9.30. The highest BCUT2D eigenvalue weighted by Gasteiger charge is 2.26. The van der Waals surface area contributed by atoms with Crippen LogP contribution in [0.25, 0.3) is 0 Å². The van der Waals surface area contributed by atoms with E-state index in [1.165, 1.54) is 11.3 Å². The number of carbonyl (C=O) groups is 2. The van der Waals surface area contributed by atoms with Crippen molar-refractivity contribution in [2.45, 2.75) is 32.1 Å². The average molecular weight is 374 g/mol. The molecular weight excluding hydrogens is 352 g/mol. The second-order valence-electron chi connectivity index (χ2n) is 6.16. The molecule has 0 saturated carbocycles. The van der Waals surface area contributed by atoms with E-state index >= 15 is 0 Å². The number of benzene rings is 1. The lowest BCUT2D eigenvalue weighted by Crippen LogP contribution is -2.18. The smallest absolute Gasteiger partial charge is 0.251 e. The number of hydrogen-bond donors (Lipinski definition) is 2. The molecule has 3 rings (SSSR count). The van der Waals surface area contributed by atoms with Gasteiger partial charge in [-0.05, 0) is 48.9 Å².